The Bertz CT molecular complexity index is 350. The highest BCUT2D eigenvalue weighted by atomic mass is 16.5. The molecule has 0 bridgehead atoms. The highest BCUT2D eigenvalue weighted by Crippen LogP contribution is 2.42. The fraction of sp³-hybridized carbons (Fsp3) is 0.538. The van der Waals surface area contributed by atoms with Crippen LogP contribution < -0.4 is 4.74 Å². The van der Waals surface area contributed by atoms with Crippen molar-refractivity contribution in [3.8, 4) is 5.75 Å². The van der Waals surface area contributed by atoms with Crippen molar-refractivity contribution in [3.05, 3.63) is 29.3 Å². The normalized spacial score (nSPS) is 18.1. The van der Waals surface area contributed by atoms with Crippen LogP contribution in [0.1, 0.15) is 44.7 Å². The molecule has 0 saturated carbocycles. The molecule has 1 heteroatoms. The van der Waals surface area contributed by atoms with E-state index in [1.165, 1.54) is 11.1 Å². The molecule has 0 N–H and O–H groups in total. The highest BCUT2D eigenvalue weighted by molar-refractivity contribution is 5.49. The van der Waals surface area contributed by atoms with Crippen molar-refractivity contribution in [1.29, 1.82) is 0 Å². The SMILES string of the molecule is CC(C)c1cccc2c1OCC2(C)C. The Morgan fingerprint density at radius 1 is 1.29 bits per heavy atom. The minimum absolute atomic E-state index is 0.181. The molecule has 0 aliphatic carbocycles. The van der Waals surface area contributed by atoms with Crippen molar-refractivity contribution in [3.63, 3.8) is 0 Å². The van der Waals surface area contributed by atoms with Crippen LogP contribution in [0.4, 0.5) is 0 Å². The number of hydrogen-bond acceptors (Lipinski definition) is 1. The first-order chi connectivity index (χ1) is 6.52. The van der Waals surface area contributed by atoms with E-state index in [1.807, 2.05) is 0 Å². The predicted octanol–water partition coefficient (Wildman–Crippen LogP) is 3.48. The van der Waals surface area contributed by atoms with E-state index in [0.29, 0.717) is 5.92 Å². The molecular weight excluding hydrogens is 172 g/mol. The van der Waals surface area contributed by atoms with Gasteiger partial charge >= 0.3 is 0 Å². The Morgan fingerprint density at radius 3 is 2.64 bits per heavy atom. The quantitative estimate of drug-likeness (QED) is 0.658. The molecule has 1 aromatic carbocycles. The van der Waals surface area contributed by atoms with Crippen molar-refractivity contribution in [2.75, 3.05) is 6.61 Å². The van der Waals surface area contributed by atoms with Gasteiger partial charge in [-0.25, -0.2) is 0 Å². The Balaban J connectivity index is 2.56. The summed E-state index contributed by atoms with van der Waals surface area (Å²) in [6.45, 7) is 9.71. The fourth-order valence-electron chi connectivity index (χ4n) is 2.03. The Labute approximate surface area is 86.1 Å². The molecule has 76 valence electrons. The first-order valence-electron chi connectivity index (χ1n) is 5.28. The van der Waals surface area contributed by atoms with E-state index in [2.05, 4.69) is 45.9 Å². The molecule has 14 heavy (non-hydrogen) atoms. The maximum atomic E-state index is 5.81. The van der Waals surface area contributed by atoms with Crippen LogP contribution in [-0.2, 0) is 5.41 Å². The molecule has 1 nitrogen and oxygen atoms in total. The summed E-state index contributed by atoms with van der Waals surface area (Å²) in [6.07, 6.45) is 0. The molecule has 0 radical (unpaired) electrons. The molecule has 0 aromatic heterocycles. The number of hydrogen-bond donors (Lipinski definition) is 0. The van der Waals surface area contributed by atoms with E-state index in [4.69, 9.17) is 4.74 Å². The molecule has 2 rings (SSSR count). The van der Waals surface area contributed by atoms with Crippen LogP contribution in [0.2, 0.25) is 0 Å². The van der Waals surface area contributed by atoms with Crippen LogP contribution >= 0.6 is 0 Å². The third kappa shape index (κ3) is 1.31. The van der Waals surface area contributed by atoms with E-state index in [-0.39, 0.29) is 5.41 Å². The molecule has 0 saturated heterocycles. The smallest absolute Gasteiger partial charge is 0.126 e. The summed E-state index contributed by atoms with van der Waals surface area (Å²) >= 11 is 0. The standard InChI is InChI=1S/C13H18O/c1-9(2)10-6-5-7-11-12(10)14-8-13(11,3)4/h5-7,9H,8H2,1-4H3. The molecule has 1 aromatic rings. The second-order valence-corrected chi connectivity index (χ2v) is 5.05. The minimum Gasteiger partial charge on any atom is -0.492 e. The predicted molar refractivity (Wildman–Crippen MR) is 59.1 cm³/mol. The molecular formula is C13H18O. The van der Waals surface area contributed by atoms with Gasteiger partial charge in [0, 0.05) is 11.0 Å². The Hall–Kier alpha value is -0.980. The zero-order valence-electron chi connectivity index (χ0n) is 9.42. The van der Waals surface area contributed by atoms with Crippen LogP contribution in [0, 0.1) is 0 Å². The lowest BCUT2D eigenvalue weighted by Gasteiger charge is -2.15. The molecule has 1 aliphatic heterocycles. The maximum absolute atomic E-state index is 5.81. The van der Waals surface area contributed by atoms with E-state index in [9.17, 15) is 0 Å². The van der Waals surface area contributed by atoms with E-state index >= 15 is 0 Å². The lowest BCUT2D eigenvalue weighted by molar-refractivity contribution is 0.288. The van der Waals surface area contributed by atoms with Crippen LogP contribution in [-0.4, -0.2) is 6.61 Å². The van der Waals surface area contributed by atoms with Gasteiger partial charge in [0.25, 0.3) is 0 Å². The van der Waals surface area contributed by atoms with E-state index in [1.54, 1.807) is 0 Å². The van der Waals surface area contributed by atoms with Crippen LogP contribution in [0.15, 0.2) is 18.2 Å². The lowest BCUT2D eigenvalue weighted by Crippen LogP contribution is -2.18. The molecule has 0 fully saturated rings. The summed E-state index contributed by atoms with van der Waals surface area (Å²) < 4.78 is 5.81. The third-order valence-corrected chi connectivity index (χ3v) is 2.97. The number of para-hydroxylation sites is 1. The van der Waals surface area contributed by atoms with Crippen LogP contribution in [0.5, 0.6) is 5.75 Å². The Kier molecular flexibility index (Phi) is 2.06. The zero-order chi connectivity index (χ0) is 10.3. The van der Waals surface area contributed by atoms with Crippen LogP contribution in [0.3, 0.4) is 0 Å². The van der Waals surface area contributed by atoms with Gasteiger partial charge in [-0.1, -0.05) is 45.9 Å². The maximum Gasteiger partial charge on any atom is 0.126 e. The van der Waals surface area contributed by atoms with Crippen molar-refractivity contribution >= 4 is 0 Å². The monoisotopic (exact) mass is 190 g/mol. The average molecular weight is 190 g/mol. The van der Waals surface area contributed by atoms with Gasteiger partial charge in [0.15, 0.2) is 0 Å². The van der Waals surface area contributed by atoms with Crippen molar-refractivity contribution in [2.45, 2.75) is 39.0 Å². The molecule has 0 amide bonds. The van der Waals surface area contributed by atoms with Gasteiger partial charge in [-0.15, -0.1) is 0 Å². The van der Waals surface area contributed by atoms with Gasteiger partial charge in [-0.2, -0.15) is 0 Å². The number of fused-ring (bicyclic) bond motifs is 1. The Morgan fingerprint density at radius 2 is 2.00 bits per heavy atom. The van der Waals surface area contributed by atoms with Crippen molar-refractivity contribution < 1.29 is 4.74 Å². The van der Waals surface area contributed by atoms with Crippen molar-refractivity contribution in [1.82, 2.24) is 0 Å². The van der Waals surface area contributed by atoms with E-state index < -0.39 is 0 Å². The second kappa shape index (κ2) is 3.01. The van der Waals surface area contributed by atoms with Crippen LogP contribution in [0.25, 0.3) is 0 Å². The van der Waals surface area contributed by atoms with Gasteiger partial charge in [0.1, 0.15) is 5.75 Å². The average Bonchev–Trinajstić information content (AvgIpc) is 2.42. The molecule has 0 unspecified atom stereocenters. The summed E-state index contributed by atoms with van der Waals surface area (Å²) in [5.74, 6) is 1.67. The summed E-state index contributed by atoms with van der Waals surface area (Å²) in [7, 11) is 0. The summed E-state index contributed by atoms with van der Waals surface area (Å²) in [4.78, 5) is 0. The molecule has 0 spiro atoms. The highest BCUT2D eigenvalue weighted by Gasteiger charge is 2.33. The number of rotatable bonds is 1. The summed E-state index contributed by atoms with van der Waals surface area (Å²) in [6, 6.07) is 6.50. The first-order valence-corrected chi connectivity index (χ1v) is 5.28. The van der Waals surface area contributed by atoms with Gasteiger partial charge in [-0.3, -0.25) is 0 Å². The summed E-state index contributed by atoms with van der Waals surface area (Å²) in [5.41, 5.74) is 2.89. The van der Waals surface area contributed by atoms with Gasteiger partial charge in [0.2, 0.25) is 0 Å². The van der Waals surface area contributed by atoms with Gasteiger partial charge < -0.3 is 4.74 Å². The molecule has 1 heterocycles. The van der Waals surface area contributed by atoms with Crippen molar-refractivity contribution in [2.24, 2.45) is 0 Å². The molecule has 1 aliphatic rings. The van der Waals surface area contributed by atoms with Gasteiger partial charge in [-0.05, 0) is 11.5 Å². The first kappa shape index (κ1) is 9.57. The molecule has 0 atom stereocenters. The van der Waals surface area contributed by atoms with E-state index in [0.717, 1.165) is 12.4 Å². The lowest BCUT2D eigenvalue weighted by atomic mass is 9.85. The third-order valence-electron chi connectivity index (χ3n) is 2.97. The zero-order valence-corrected chi connectivity index (χ0v) is 9.42. The van der Waals surface area contributed by atoms with Gasteiger partial charge in [0.05, 0.1) is 6.61 Å². The number of ether oxygens (including phenoxy) is 1. The minimum atomic E-state index is 0.181. The number of benzene rings is 1. The summed E-state index contributed by atoms with van der Waals surface area (Å²) in [5, 5.41) is 0. The fourth-order valence-corrected chi connectivity index (χ4v) is 2.03. The topological polar surface area (TPSA) is 9.23 Å². The second-order valence-electron chi connectivity index (χ2n) is 5.05. The largest absolute Gasteiger partial charge is 0.492 e.